The molecule has 0 radical (unpaired) electrons. The van der Waals surface area contributed by atoms with Gasteiger partial charge in [-0.1, -0.05) is 21.3 Å². The number of carbonyl (C=O) groups excluding carboxylic acids is 2. The number of hydrogen-bond acceptors (Lipinski definition) is 5. The average molecular weight is 291 g/mol. The Labute approximate surface area is 122 Å². The Morgan fingerprint density at radius 3 is 2.15 bits per heavy atom. The van der Waals surface area contributed by atoms with E-state index in [0.717, 1.165) is 0 Å². The summed E-state index contributed by atoms with van der Waals surface area (Å²) in [7, 11) is 1.22. The first-order valence-electron chi connectivity index (χ1n) is 6.52. The SMILES string of the molecule is C.CC.COC(=O)[C@@H]1[C@@H](O)CCN1C(=O)OC(C)(C)C. The van der Waals surface area contributed by atoms with Crippen molar-refractivity contribution in [2.24, 2.45) is 0 Å². The zero-order valence-corrected chi connectivity index (χ0v) is 12.6. The van der Waals surface area contributed by atoms with Gasteiger partial charge in [0.15, 0.2) is 6.04 Å². The van der Waals surface area contributed by atoms with Gasteiger partial charge in [-0.25, -0.2) is 9.59 Å². The van der Waals surface area contributed by atoms with Crippen molar-refractivity contribution in [1.29, 1.82) is 0 Å². The van der Waals surface area contributed by atoms with Crippen LogP contribution in [0.15, 0.2) is 0 Å². The van der Waals surface area contributed by atoms with Crippen LogP contribution < -0.4 is 0 Å². The van der Waals surface area contributed by atoms with Gasteiger partial charge in [-0.3, -0.25) is 4.90 Å². The fraction of sp³-hybridized carbons (Fsp3) is 0.857. The minimum absolute atomic E-state index is 0. The molecule has 1 heterocycles. The van der Waals surface area contributed by atoms with Crippen LogP contribution in [-0.4, -0.2) is 53.5 Å². The topological polar surface area (TPSA) is 76.1 Å². The highest BCUT2D eigenvalue weighted by Gasteiger charge is 2.43. The number of ether oxygens (including phenoxy) is 2. The van der Waals surface area contributed by atoms with E-state index in [9.17, 15) is 14.7 Å². The minimum Gasteiger partial charge on any atom is -0.467 e. The molecular formula is C14H29NO5. The second-order valence-corrected chi connectivity index (χ2v) is 5.00. The highest BCUT2D eigenvalue weighted by Crippen LogP contribution is 2.22. The fourth-order valence-electron chi connectivity index (χ4n) is 1.71. The molecule has 0 spiro atoms. The van der Waals surface area contributed by atoms with Crippen molar-refractivity contribution in [3.05, 3.63) is 0 Å². The number of hydrogen-bond donors (Lipinski definition) is 1. The van der Waals surface area contributed by atoms with Gasteiger partial charge in [0.2, 0.25) is 0 Å². The molecule has 0 aromatic heterocycles. The van der Waals surface area contributed by atoms with E-state index in [1.165, 1.54) is 12.0 Å². The van der Waals surface area contributed by atoms with Gasteiger partial charge in [-0.05, 0) is 27.2 Å². The second-order valence-electron chi connectivity index (χ2n) is 5.00. The van der Waals surface area contributed by atoms with Crippen LogP contribution >= 0.6 is 0 Å². The molecule has 0 saturated carbocycles. The van der Waals surface area contributed by atoms with Crippen LogP contribution in [0.5, 0.6) is 0 Å². The lowest BCUT2D eigenvalue weighted by atomic mass is 10.2. The van der Waals surface area contributed by atoms with Gasteiger partial charge in [0.25, 0.3) is 0 Å². The average Bonchev–Trinajstić information content (AvgIpc) is 2.71. The molecule has 1 saturated heterocycles. The Balaban J connectivity index is 0. The number of esters is 1. The third-order valence-electron chi connectivity index (χ3n) is 2.44. The van der Waals surface area contributed by atoms with E-state index in [2.05, 4.69) is 4.74 Å². The van der Waals surface area contributed by atoms with Crippen LogP contribution in [0.2, 0.25) is 0 Å². The summed E-state index contributed by atoms with van der Waals surface area (Å²) in [6.45, 7) is 9.51. The monoisotopic (exact) mass is 291 g/mol. The highest BCUT2D eigenvalue weighted by molar-refractivity contribution is 5.82. The van der Waals surface area contributed by atoms with Gasteiger partial charge < -0.3 is 14.6 Å². The minimum atomic E-state index is -0.963. The van der Waals surface area contributed by atoms with Crippen molar-refractivity contribution in [3.8, 4) is 0 Å². The Morgan fingerprint density at radius 2 is 1.75 bits per heavy atom. The molecule has 0 aromatic rings. The number of aliphatic hydroxyl groups excluding tert-OH is 1. The molecule has 0 aromatic carbocycles. The number of amides is 1. The number of aliphatic hydroxyl groups is 1. The van der Waals surface area contributed by atoms with Crippen LogP contribution in [0.1, 0.15) is 48.5 Å². The normalized spacial score (nSPS) is 21.2. The largest absolute Gasteiger partial charge is 0.467 e. The predicted octanol–water partition coefficient (Wildman–Crippen LogP) is 2.19. The van der Waals surface area contributed by atoms with Gasteiger partial charge in [0, 0.05) is 6.54 Å². The van der Waals surface area contributed by atoms with Crippen LogP contribution in [0, 0.1) is 0 Å². The summed E-state index contributed by atoms with van der Waals surface area (Å²) in [5.41, 5.74) is -0.634. The fourth-order valence-corrected chi connectivity index (χ4v) is 1.71. The molecule has 120 valence electrons. The standard InChI is InChI=1S/C11H19NO5.C2H6.CH4/c1-11(2,3)17-10(15)12-6-5-7(13)8(12)9(14)16-4;1-2;/h7-8,13H,5-6H2,1-4H3;1-2H3;1H4/t7-,8-;;/m0../s1. The zero-order chi connectivity index (χ0) is 15.2. The van der Waals surface area contributed by atoms with E-state index < -0.39 is 29.8 Å². The Morgan fingerprint density at radius 1 is 1.25 bits per heavy atom. The third kappa shape index (κ3) is 5.77. The van der Waals surface area contributed by atoms with Gasteiger partial charge in [-0.2, -0.15) is 0 Å². The highest BCUT2D eigenvalue weighted by atomic mass is 16.6. The maximum absolute atomic E-state index is 11.8. The van der Waals surface area contributed by atoms with E-state index in [1.807, 2.05) is 13.8 Å². The lowest BCUT2D eigenvalue weighted by molar-refractivity contribution is -0.148. The molecule has 1 aliphatic rings. The quantitative estimate of drug-likeness (QED) is 0.749. The molecular weight excluding hydrogens is 262 g/mol. The number of methoxy groups -OCH3 is 1. The Kier molecular flexibility index (Phi) is 9.23. The molecule has 1 rings (SSSR count). The number of rotatable bonds is 1. The van der Waals surface area contributed by atoms with E-state index >= 15 is 0 Å². The molecule has 6 heteroatoms. The van der Waals surface area contributed by atoms with Crippen molar-refractivity contribution in [2.75, 3.05) is 13.7 Å². The van der Waals surface area contributed by atoms with Gasteiger partial charge in [0.1, 0.15) is 5.60 Å². The number of carbonyl (C=O) groups is 2. The van der Waals surface area contributed by atoms with E-state index in [4.69, 9.17) is 4.74 Å². The molecule has 1 aliphatic heterocycles. The first-order valence-corrected chi connectivity index (χ1v) is 6.52. The first-order chi connectivity index (χ1) is 8.76. The molecule has 1 fully saturated rings. The van der Waals surface area contributed by atoms with Crippen LogP contribution in [-0.2, 0) is 14.3 Å². The summed E-state index contributed by atoms with van der Waals surface area (Å²) in [4.78, 5) is 24.5. The van der Waals surface area contributed by atoms with E-state index in [0.29, 0.717) is 6.42 Å². The molecule has 0 bridgehead atoms. The second kappa shape index (κ2) is 8.79. The van der Waals surface area contributed by atoms with Crippen molar-refractivity contribution in [1.82, 2.24) is 4.90 Å². The Bertz CT molecular complexity index is 311. The molecule has 0 unspecified atom stereocenters. The van der Waals surface area contributed by atoms with Crippen molar-refractivity contribution < 1.29 is 24.2 Å². The maximum Gasteiger partial charge on any atom is 0.411 e. The molecule has 1 N–H and O–H groups in total. The summed E-state index contributed by atoms with van der Waals surface area (Å²) in [6.07, 6.45) is -1.15. The van der Waals surface area contributed by atoms with Crippen molar-refractivity contribution in [3.63, 3.8) is 0 Å². The summed E-state index contributed by atoms with van der Waals surface area (Å²) in [5.74, 6) is -0.624. The summed E-state index contributed by atoms with van der Waals surface area (Å²) in [5, 5.41) is 9.66. The molecule has 2 atom stereocenters. The van der Waals surface area contributed by atoms with Crippen LogP contribution in [0.3, 0.4) is 0 Å². The summed E-state index contributed by atoms with van der Waals surface area (Å²) in [6, 6.07) is -0.963. The lowest BCUT2D eigenvalue weighted by Crippen LogP contribution is -2.47. The lowest BCUT2D eigenvalue weighted by Gasteiger charge is -2.27. The van der Waals surface area contributed by atoms with Gasteiger partial charge >= 0.3 is 12.1 Å². The summed E-state index contributed by atoms with van der Waals surface area (Å²) >= 11 is 0. The molecule has 6 nitrogen and oxygen atoms in total. The molecule has 20 heavy (non-hydrogen) atoms. The maximum atomic E-state index is 11.8. The van der Waals surface area contributed by atoms with Crippen molar-refractivity contribution >= 4 is 12.1 Å². The van der Waals surface area contributed by atoms with Gasteiger partial charge in [0.05, 0.1) is 13.2 Å². The molecule has 1 amide bonds. The number of nitrogens with zero attached hydrogens (tertiary/aromatic N) is 1. The zero-order valence-electron chi connectivity index (χ0n) is 12.6. The number of likely N-dealkylation sites (tertiary alicyclic amines) is 1. The first kappa shape index (κ1) is 21.0. The Hall–Kier alpha value is -1.30. The summed E-state index contributed by atoms with van der Waals surface area (Å²) < 4.78 is 9.73. The predicted molar refractivity (Wildman–Crippen MR) is 77.4 cm³/mol. The van der Waals surface area contributed by atoms with E-state index in [-0.39, 0.29) is 14.0 Å². The smallest absolute Gasteiger partial charge is 0.411 e. The van der Waals surface area contributed by atoms with Crippen LogP contribution in [0.25, 0.3) is 0 Å². The van der Waals surface area contributed by atoms with E-state index in [1.54, 1.807) is 20.8 Å². The van der Waals surface area contributed by atoms with Gasteiger partial charge in [-0.15, -0.1) is 0 Å². The third-order valence-corrected chi connectivity index (χ3v) is 2.44. The van der Waals surface area contributed by atoms with Crippen molar-refractivity contribution in [2.45, 2.75) is 66.2 Å². The molecule has 0 aliphatic carbocycles. The van der Waals surface area contributed by atoms with Crippen LogP contribution in [0.4, 0.5) is 4.79 Å².